The lowest BCUT2D eigenvalue weighted by molar-refractivity contribution is -0.123. The summed E-state index contributed by atoms with van der Waals surface area (Å²) in [5.74, 6) is 1.04. The van der Waals surface area contributed by atoms with Crippen molar-refractivity contribution >= 4 is 5.91 Å². The van der Waals surface area contributed by atoms with Crippen LogP contribution in [0.3, 0.4) is 0 Å². The number of rotatable bonds is 4. The summed E-state index contributed by atoms with van der Waals surface area (Å²) in [5, 5.41) is 15.4. The number of aryl methyl sites for hydroxylation is 1. The fraction of sp³-hybridized carbons (Fsp3) is 0.529. The van der Waals surface area contributed by atoms with Gasteiger partial charge in [-0.15, -0.1) is 10.2 Å². The van der Waals surface area contributed by atoms with Crippen molar-refractivity contribution in [2.24, 2.45) is 5.92 Å². The zero-order chi connectivity index (χ0) is 16.2. The molecule has 6 nitrogen and oxygen atoms in total. The topological polar surface area (TPSA) is 72.7 Å². The van der Waals surface area contributed by atoms with Crippen LogP contribution in [0, 0.1) is 12.8 Å². The molecule has 23 heavy (non-hydrogen) atoms. The average Bonchev–Trinajstić information content (AvgIpc) is 2.98. The van der Waals surface area contributed by atoms with Crippen molar-refractivity contribution in [2.75, 3.05) is 0 Å². The molecule has 6 heteroatoms. The van der Waals surface area contributed by atoms with Gasteiger partial charge in [-0.2, -0.15) is 4.80 Å². The number of aromatic nitrogens is 4. The summed E-state index contributed by atoms with van der Waals surface area (Å²) in [6.07, 6.45) is 4.70. The Labute approximate surface area is 136 Å². The highest BCUT2D eigenvalue weighted by atomic mass is 16.2. The van der Waals surface area contributed by atoms with E-state index in [9.17, 15) is 4.79 Å². The van der Waals surface area contributed by atoms with E-state index in [0.29, 0.717) is 11.7 Å². The summed E-state index contributed by atoms with van der Waals surface area (Å²) in [7, 11) is 0. The van der Waals surface area contributed by atoms with E-state index in [2.05, 4.69) is 27.7 Å². The largest absolute Gasteiger partial charge is 0.351 e. The highest BCUT2D eigenvalue weighted by molar-refractivity contribution is 5.75. The fourth-order valence-corrected chi connectivity index (χ4v) is 3.04. The van der Waals surface area contributed by atoms with E-state index in [1.807, 2.05) is 31.2 Å². The molecule has 1 aromatic carbocycles. The third-order valence-corrected chi connectivity index (χ3v) is 4.51. The first kappa shape index (κ1) is 15.6. The Hall–Kier alpha value is -2.24. The molecule has 0 spiro atoms. The van der Waals surface area contributed by atoms with Crippen molar-refractivity contribution in [1.82, 2.24) is 25.5 Å². The number of carbonyl (C=O) groups is 1. The second-order valence-electron chi connectivity index (χ2n) is 6.45. The predicted octanol–water partition coefficient (Wildman–Crippen LogP) is 2.34. The summed E-state index contributed by atoms with van der Waals surface area (Å²) in [6.45, 7) is 4.35. The number of tetrazole rings is 1. The van der Waals surface area contributed by atoms with Crippen molar-refractivity contribution in [3.05, 3.63) is 29.8 Å². The molecule has 1 aromatic heterocycles. The van der Waals surface area contributed by atoms with Gasteiger partial charge in [0.1, 0.15) is 6.54 Å². The third-order valence-electron chi connectivity index (χ3n) is 4.51. The van der Waals surface area contributed by atoms with Crippen LogP contribution in [0.4, 0.5) is 0 Å². The van der Waals surface area contributed by atoms with Gasteiger partial charge in [0.25, 0.3) is 0 Å². The quantitative estimate of drug-likeness (QED) is 0.940. The van der Waals surface area contributed by atoms with Crippen LogP contribution in [0.25, 0.3) is 11.4 Å². The minimum Gasteiger partial charge on any atom is -0.351 e. The third kappa shape index (κ3) is 3.94. The Balaban J connectivity index is 1.60. The van der Waals surface area contributed by atoms with Crippen LogP contribution in [0.1, 0.15) is 38.2 Å². The minimum atomic E-state index is -0.0448. The maximum Gasteiger partial charge on any atom is 0.243 e. The molecular formula is C17H23N5O. The van der Waals surface area contributed by atoms with Crippen molar-refractivity contribution in [3.8, 4) is 11.4 Å². The van der Waals surface area contributed by atoms with E-state index in [0.717, 1.165) is 12.0 Å². The monoisotopic (exact) mass is 313 g/mol. The molecule has 3 rings (SSSR count). The number of hydrogen-bond acceptors (Lipinski definition) is 4. The van der Waals surface area contributed by atoms with Gasteiger partial charge in [0.2, 0.25) is 11.7 Å². The Kier molecular flexibility index (Phi) is 4.69. The molecule has 1 saturated carbocycles. The van der Waals surface area contributed by atoms with E-state index in [1.165, 1.54) is 29.6 Å². The van der Waals surface area contributed by atoms with Crippen LogP contribution in [0.15, 0.2) is 24.3 Å². The normalized spacial score (nSPS) is 21.1. The van der Waals surface area contributed by atoms with Gasteiger partial charge in [-0.05, 0) is 30.9 Å². The van der Waals surface area contributed by atoms with Crippen LogP contribution in [0.2, 0.25) is 0 Å². The molecule has 1 N–H and O–H groups in total. The first-order chi connectivity index (χ1) is 11.1. The maximum absolute atomic E-state index is 12.2. The van der Waals surface area contributed by atoms with Crippen LogP contribution in [-0.2, 0) is 11.3 Å². The lowest BCUT2D eigenvalue weighted by Crippen LogP contribution is -2.42. The Morgan fingerprint density at radius 2 is 2.00 bits per heavy atom. The van der Waals surface area contributed by atoms with E-state index >= 15 is 0 Å². The van der Waals surface area contributed by atoms with Gasteiger partial charge in [0.05, 0.1) is 0 Å². The molecule has 1 heterocycles. The molecule has 1 fully saturated rings. The first-order valence-corrected chi connectivity index (χ1v) is 8.26. The number of nitrogens with zero attached hydrogens (tertiary/aromatic N) is 4. The van der Waals surface area contributed by atoms with Gasteiger partial charge in [-0.1, -0.05) is 49.6 Å². The van der Waals surface area contributed by atoms with Gasteiger partial charge in [-0.3, -0.25) is 4.79 Å². The van der Waals surface area contributed by atoms with Gasteiger partial charge in [0.15, 0.2) is 0 Å². The fourth-order valence-electron chi connectivity index (χ4n) is 3.04. The molecule has 0 radical (unpaired) electrons. The smallest absolute Gasteiger partial charge is 0.243 e. The average molecular weight is 313 g/mol. The Morgan fingerprint density at radius 3 is 2.74 bits per heavy atom. The molecule has 122 valence electrons. The summed E-state index contributed by atoms with van der Waals surface area (Å²) < 4.78 is 0. The zero-order valence-corrected chi connectivity index (χ0v) is 13.7. The van der Waals surface area contributed by atoms with Crippen molar-refractivity contribution in [1.29, 1.82) is 0 Å². The van der Waals surface area contributed by atoms with Crippen LogP contribution in [0.5, 0.6) is 0 Å². The van der Waals surface area contributed by atoms with Crippen molar-refractivity contribution in [3.63, 3.8) is 0 Å². The van der Waals surface area contributed by atoms with E-state index in [-0.39, 0.29) is 18.5 Å². The van der Waals surface area contributed by atoms with Gasteiger partial charge in [-0.25, -0.2) is 0 Å². The summed E-state index contributed by atoms with van der Waals surface area (Å²) >= 11 is 0. The summed E-state index contributed by atoms with van der Waals surface area (Å²) in [4.78, 5) is 13.5. The van der Waals surface area contributed by atoms with E-state index < -0.39 is 0 Å². The van der Waals surface area contributed by atoms with E-state index in [4.69, 9.17) is 0 Å². The first-order valence-electron chi connectivity index (χ1n) is 8.26. The predicted molar refractivity (Wildman–Crippen MR) is 87.6 cm³/mol. The van der Waals surface area contributed by atoms with Crippen LogP contribution in [-0.4, -0.2) is 32.2 Å². The molecule has 0 aliphatic heterocycles. The molecule has 1 aliphatic rings. The lowest BCUT2D eigenvalue weighted by Gasteiger charge is -2.29. The second kappa shape index (κ2) is 6.89. The molecule has 0 saturated heterocycles. The summed E-state index contributed by atoms with van der Waals surface area (Å²) in [6, 6.07) is 8.21. The molecule has 0 bridgehead atoms. The number of hydrogen-bond donors (Lipinski definition) is 1. The van der Waals surface area contributed by atoms with Crippen molar-refractivity contribution in [2.45, 2.75) is 52.1 Å². The van der Waals surface area contributed by atoms with Gasteiger partial charge >= 0.3 is 0 Å². The molecule has 2 aromatic rings. The lowest BCUT2D eigenvalue weighted by atomic mass is 9.86. The maximum atomic E-state index is 12.2. The number of carbonyl (C=O) groups excluding carboxylic acids is 1. The Bertz CT molecular complexity index is 664. The van der Waals surface area contributed by atoms with Crippen molar-refractivity contribution < 1.29 is 4.79 Å². The highest BCUT2D eigenvalue weighted by Gasteiger charge is 2.23. The Morgan fingerprint density at radius 1 is 1.26 bits per heavy atom. The summed E-state index contributed by atoms with van der Waals surface area (Å²) in [5.41, 5.74) is 2.09. The molecule has 1 amide bonds. The van der Waals surface area contributed by atoms with Crippen LogP contribution < -0.4 is 5.32 Å². The highest BCUT2D eigenvalue weighted by Crippen LogP contribution is 2.23. The minimum absolute atomic E-state index is 0.0448. The molecule has 0 unspecified atom stereocenters. The van der Waals surface area contributed by atoms with Crippen LogP contribution >= 0.6 is 0 Å². The number of benzene rings is 1. The molecular weight excluding hydrogens is 290 g/mol. The standard InChI is InChI=1S/C17H23N5O/c1-12-7-9-14(10-8-12)17-19-21-22(20-17)11-16(23)18-15-6-4-3-5-13(15)2/h7-10,13,15H,3-6,11H2,1-2H3,(H,18,23)/t13-,15-/m1/s1. The number of nitrogens with one attached hydrogen (secondary N) is 1. The van der Waals surface area contributed by atoms with Gasteiger partial charge < -0.3 is 5.32 Å². The molecule has 2 atom stereocenters. The molecule has 1 aliphatic carbocycles. The van der Waals surface area contributed by atoms with Gasteiger partial charge in [0, 0.05) is 11.6 Å². The number of amides is 1. The second-order valence-corrected chi connectivity index (χ2v) is 6.45. The van der Waals surface area contributed by atoms with E-state index in [1.54, 1.807) is 0 Å². The zero-order valence-electron chi connectivity index (χ0n) is 13.7. The SMILES string of the molecule is Cc1ccc(-c2nnn(CC(=O)N[C@@H]3CCCC[C@H]3C)n2)cc1.